The molecule has 0 atom stereocenters. The highest BCUT2D eigenvalue weighted by molar-refractivity contribution is 6.20. The van der Waals surface area contributed by atoms with E-state index < -0.39 is 0 Å². The lowest BCUT2D eigenvalue weighted by molar-refractivity contribution is 0.474. The zero-order chi connectivity index (χ0) is 19.5. The molecule has 0 saturated heterocycles. The highest BCUT2D eigenvalue weighted by atomic mass is 16.3. The van der Waals surface area contributed by atoms with Gasteiger partial charge in [0.2, 0.25) is 0 Å². The SMILES string of the molecule is Cc1ccc(O)c(-c2oc3ccc4ccccc4c3c3cc4ccccc4c2-3)c1. The number of hydrogen-bond donors (Lipinski definition) is 1. The Kier molecular flexibility index (Phi) is 3.27. The molecule has 0 fully saturated rings. The lowest BCUT2D eigenvalue weighted by Gasteiger charge is -2.15. The van der Waals surface area contributed by atoms with Crippen molar-refractivity contribution in [1.82, 2.24) is 0 Å². The van der Waals surface area contributed by atoms with Crippen LogP contribution in [0.25, 0.3) is 55.0 Å². The van der Waals surface area contributed by atoms with Crippen molar-refractivity contribution in [3.8, 4) is 28.2 Å². The first kappa shape index (κ1) is 16.2. The van der Waals surface area contributed by atoms with Crippen molar-refractivity contribution in [2.75, 3.05) is 0 Å². The van der Waals surface area contributed by atoms with Gasteiger partial charge in [0.1, 0.15) is 17.1 Å². The fourth-order valence-electron chi connectivity index (χ4n) is 4.46. The summed E-state index contributed by atoms with van der Waals surface area (Å²) in [6.07, 6.45) is 0. The Bertz CT molecular complexity index is 1520. The Labute approximate surface area is 168 Å². The molecule has 6 rings (SSSR count). The van der Waals surface area contributed by atoms with Gasteiger partial charge in [-0.15, -0.1) is 0 Å². The van der Waals surface area contributed by atoms with Crippen LogP contribution in [-0.4, -0.2) is 5.11 Å². The number of phenolic OH excluding ortho intramolecular Hbond substituents is 1. The maximum absolute atomic E-state index is 10.6. The summed E-state index contributed by atoms with van der Waals surface area (Å²) in [4.78, 5) is 0. The second-order valence-corrected chi connectivity index (χ2v) is 7.63. The molecule has 0 spiro atoms. The molecule has 29 heavy (non-hydrogen) atoms. The molecule has 2 aliphatic rings. The van der Waals surface area contributed by atoms with E-state index >= 15 is 0 Å². The Hall–Kier alpha value is -3.78. The summed E-state index contributed by atoms with van der Waals surface area (Å²) in [5.41, 5.74) is 4.82. The molecule has 4 aromatic rings. The van der Waals surface area contributed by atoms with Crippen molar-refractivity contribution in [2.45, 2.75) is 6.92 Å². The normalized spacial score (nSPS) is 11.8. The summed E-state index contributed by atoms with van der Waals surface area (Å²) in [7, 11) is 0. The lowest BCUT2D eigenvalue weighted by atomic mass is 9.94. The number of phenols is 1. The van der Waals surface area contributed by atoms with E-state index in [1.807, 2.05) is 25.1 Å². The number of benzene rings is 4. The molecular formula is C27H18O2. The Morgan fingerprint density at radius 2 is 1.45 bits per heavy atom. The fourth-order valence-corrected chi connectivity index (χ4v) is 4.46. The minimum absolute atomic E-state index is 0.228. The molecule has 0 amide bonds. The van der Waals surface area contributed by atoms with Gasteiger partial charge in [-0.05, 0) is 58.3 Å². The first-order chi connectivity index (χ1) is 14.2. The number of aromatic hydroxyl groups is 1. The molecule has 2 heteroatoms. The Morgan fingerprint density at radius 3 is 2.31 bits per heavy atom. The smallest absolute Gasteiger partial charge is 0.146 e. The van der Waals surface area contributed by atoms with Gasteiger partial charge in [0.15, 0.2) is 0 Å². The van der Waals surface area contributed by atoms with Gasteiger partial charge in [0.05, 0.1) is 5.56 Å². The molecule has 0 aromatic heterocycles. The summed E-state index contributed by atoms with van der Waals surface area (Å²) in [6, 6.07) is 28.8. The van der Waals surface area contributed by atoms with Gasteiger partial charge in [-0.1, -0.05) is 66.2 Å². The third-order valence-corrected chi connectivity index (χ3v) is 5.80. The maximum atomic E-state index is 10.6. The predicted octanol–water partition coefficient (Wildman–Crippen LogP) is 7.53. The van der Waals surface area contributed by atoms with E-state index in [2.05, 4.69) is 60.7 Å². The van der Waals surface area contributed by atoms with Crippen LogP contribution < -0.4 is 0 Å². The molecule has 0 radical (unpaired) electrons. The van der Waals surface area contributed by atoms with Gasteiger partial charge >= 0.3 is 0 Å². The number of rotatable bonds is 1. The van der Waals surface area contributed by atoms with E-state index in [0.29, 0.717) is 5.76 Å². The summed E-state index contributed by atoms with van der Waals surface area (Å²) in [6.45, 7) is 2.03. The van der Waals surface area contributed by atoms with Gasteiger partial charge in [-0.25, -0.2) is 0 Å². The van der Waals surface area contributed by atoms with Gasteiger partial charge in [-0.2, -0.15) is 0 Å². The van der Waals surface area contributed by atoms with Crippen molar-refractivity contribution in [3.05, 3.63) is 90.5 Å². The maximum Gasteiger partial charge on any atom is 0.146 e. The van der Waals surface area contributed by atoms with Crippen molar-refractivity contribution in [3.63, 3.8) is 0 Å². The van der Waals surface area contributed by atoms with Crippen molar-refractivity contribution in [1.29, 1.82) is 0 Å². The van der Waals surface area contributed by atoms with Crippen molar-refractivity contribution < 1.29 is 9.52 Å². The van der Waals surface area contributed by atoms with E-state index in [-0.39, 0.29) is 5.75 Å². The number of fused-ring (bicyclic) bond motifs is 7. The fraction of sp³-hybridized carbons (Fsp3) is 0.0370. The topological polar surface area (TPSA) is 33.4 Å². The van der Waals surface area contributed by atoms with Gasteiger partial charge < -0.3 is 9.52 Å². The molecule has 1 aliphatic heterocycles. The van der Waals surface area contributed by atoms with E-state index in [1.54, 1.807) is 6.07 Å². The quantitative estimate of drug-likeness (QED) is 0.302. The molecule has 1 aliphatic carbocycles. The largest absolute Gasteiger partial charge is 0.507 e. The van der Waals surface area contributed by atoms with Crippen LogP contribution in [0.2, 0.25) is 0 Å². The van der Waals surface area contributed by atoms with Gasteiger partial charge in [-0.3, -0.25) is 0 Å². The second kappa shape index (κ2) is 5.86. The average molecular weight is 374 g/mol. The summed E-state index contributed by atoms with van der Waals surface area (Å²) < 4.78 is 6.51. The van der Waals surface area contributed by atoms with Crippen molar-refractivity contribution in [2.24, 2.45) is 0 Å². The first-order valence-electron chi connectivity index (χ1n) is 9.76. The van der Waals surface area contributed by atoms with Crippen LogP contribution >= 0.6 is 0 Å². The highest BCUT2D eigenvalue weighted by Gasteiger charge is 2.24. The van der Waals surface area contributed by atoms with Crippen LogP contribution in [-0.2, 0) is 0 Å². The van der Waals surface area contributed by atoms with Crippen LogP contribution in [0.1, 0.15) is 5.56 Å². The zero-order valence-electron chi connectivity index (χ0n) is 15.9. The molecular weight excluding hydrogens is 356 g/mol. The van der Waals surface area contributed by atoms with Crippen LogP contribution in [0, 0.1) is 6.92 Å². The Morgan fingerprint density at radius 1 is 0.690 bits per heavy atom. The summed E-state index contributed by atoms with van der Waals surface area (Å²) >= 11 is 0. The van der Waals surface area contributed by atoms with E-state index in [1.165, 1.54) is 16.2 Å². The Balaban J connectivity index is 1.88. The van der Waals surface area contributed by atoms with Gasteiger partial charge in [0, 0.05) is 10.9 Å². The molecule has 1 N–H and O–H groups in total. The summed E-state index contributed by atoms with van der Waals surface area (Å²) in [5, 5.41) is 16.4. The van der Waals surface area contributed by atoms with E-state index in [0.717, 1.165) is 38.6 Å². The van der Waals surface area contributed by atoms with Crippen LogP contribution in [0.3, 0.4) is 0 Å². The molecule has 1 heterocycles. The predicted molar refractivity (Wildman–Crippen MR) is 120 cm³/mol. The number of hydrogen-bond acceptors (Lipinski definition) is 2. The second-order valence-electron chi connectivity index (χ2n) is 7.63. The van der Waals surface area contributed by atoms with Crippen molar-refractivity contribution >= 4 is 32.5 Å². The third kappa shape index (κ3) is 2.29. The molecule has 2 nitrogen and oxygen atoms in total. The average Bonchev–Trinajstić information content (AvgIpc) is 3.14. The monoisotopic (exact) mass is 374 g/mol. The first-order valence-corrected chi connectivity index (χ1v) is 9.76. The minimum atomic E-state index is 0.228. The van der Waals surface area contributed by atoms with Crippen LogP contribution in [0.15, 0.2) is 89.3 Å². The van der Waals surface area contributed by atoms with E-state index in [4.69, 9.17) is 4.42 Å². The minimum Gasteiger partial charge on any atom is -0.507 e. The molecule has 138 valence electrons. The standard InChI is InChI=1S/C27H18O2/c1-16-10-12-23(28)21(14-16)27-26-20-9-5-3-7-18(20)15-22(26)25-19-8-4-2-6-17(19)11-13-24(25)29-27/h2-15,28H,1H3. The summed E-state index contributed by atoms with van der Waals surface area (Å²) in [5.74, 6) is 0.941. The van der Waals surface area contributed by atoms with Crippen LogP contribution in [0.4, 0.5) is 0 Å². The molecule has 4 aromatic carbocycles. The lowest BCUT2D eigenvalue weighted by Crippen LogP contribution is -1.90. The van der Waals surface area contributed by atoms with Gasteiger partial charge in [0.25, 0.3) is 0 Å². The van der Waals surface area contributed by atoms with Crippen LogP contribution in [0.5, 0.6) is 5.75 Å². The highest BCUT2D eigenvalue weighted by Crippen LogP contribution is 2.49. The number of aryl methyl sites for hydroxylation is 1. The third-order valence-electron chi connectivity index (χ3n) is 5.80. The molecule has 0 unspecified atom stereocenters. The molecule has 0 saturated carbocycles. The zero-order valence-corrected chi connectivity index (χ0v) is 15.9. The van der Waals surface area contributed by atoms with E-state index in [9.17, 15) is 5.11 Å². The molecule has 0 bridgehead atoms.